The zero-order chi connectivity index (χ0) is 13.1. The number of aryl methyl sites for hydroxylation is 1. The van der Waals surface area contributed by atoms with E-state index in [9.17, 15) is 4.39 Å². The van der Waals surface area contributed by atoms with E-state index in [-0.39, 0.29) is 5.82 Å². The normalized spacial score (nSPS) is 9.89. The summed E-state index contributed by atoms with van der Waals surface area (Å²) in [6.07, 6.45) is 0. The summed E-state index contributed by atoms with van der Waals surface area (Å²) in [5.74, 6) is -0.259. The standard InChI is InChI=1S/C15H13FN2/c1-10-6-7-15(12(8-10)9-17)18-14-5-3-4-13(16)11(14)2/h3-8,18H,1-2H3. The third kappa shape index (κ3) is 2.33. The van der Waals surface area contributed by atoms with Gasteiger partial charge < -0.3 is 5.32 Å². The Labute approximate surface area is 106 Å². The van der Waals surface area contributed by atoms with E-state index in [1.165, 1.54) is 6.07 Å². The highest BCUT2D eigenvalue weighted by molar-refractivity contribution is 5.69. The van der Waals surface area contributed by atoms with Crippen molar-refractivity contribution in [1.29, 1.82) is 5.26 Å². The van der Waals surface area contributed by atoms with Crippen LogP contribution >= 0.6 is 0 Å². The summed E-state index contributed by atoms with van der Waals surface area (Å²) >= 11 is 0. The Hall–Kier alpha value is -2.34. The highest BCUT2D eigenvalue weighted by atomic mass is 19.1. The fourth-order valence-corrected chi connectivity index (χ4v) is 1.75. The van der Waals surface area contributed by atoms with Crippen molar-refractivity contribution in [2.24, 2.45) is 0 Å². The van der Waals surface area contributed by atoms with Crippen molar-refractivity contribution in [1.82, 2.24) is 0 Å². The van der Waals surface area contributed by atoms with Crippen molar-refractivity contribution in [2.75, 3.05) is 5.32 Å². The van der Waals surface area contributed by atoms with Crippen molar-refractivity contribution >= 4 is 11.4 Å². The molecule has 2 rings (SSSR count). The van der Waals surface area contributed by atoms with E-state index >= 15 is 0 Å². The average Bonchev–Trinajstić information content (AvgIpc) is 2.37. The lowest BCUT2D eigenvalue weighted by molar-refractivity contribution is 0.619. The number of nitrogens with zero attached hydrogens (tertiary/aromatic N) is 1. The zero-order valence-electron chi connectivity index (χ0n) is 10.3. The molecule has 0 aliphatic rings. The minimum Gasteiger partial charge on any atom is -0.354 e. The number of halogens is 1. The van der Waals surface area contributed by atoms with Crippen molar-refractivity contribution < 1.29 is 4.39 Å². The van der Waals surface area contributed by atoms with Crippen LogP contribution in [0.1, 0.15) is 16.7 Å². The molecule has 0 aliphatic heterocycles. The molecule has 1 N–H and O–H groups in total. The lowest BCUT2D eigenvalue weighted by atomic mass is 10.1. The van der Waals surface area contributed by atoms with E-state index in [4.69, 9.17) is 5.26 Å². The molecule has 18 heavy (non-hydrogen) atoms. The van der Waals surface area contributed by atoms with Gasteiger partial charge in [0.25, 0.3) is 0 Å². The highest BCUT2D eigenvalue weighted by Crippen LogP contribution is 2.25. The van der Waals surface area contributed by atoms with E-state index in [1.807, 2.05) is 19.1 Å². The molecule has 2 aromatic rings. The first-order valence-corrected chi connectivity index (χ1v) is 5.64. The first-order chi connectivity index (χ1) is 8.61. The van der Waals surface area contributed by atoms with Gasteiger partial charge in [-0.25, -0.2) is 4.39 Å². The second kappa shape index (κ2) is 4.89. The smallest absolute Gasteiger partial charge is 0.128 e. The summed E-state index contributed by atoms with van der Waals surface area (Å²) in [5, 5.41) is 12.2. The predicted molar refractivity (Wildman–Crippen MR) is 70.3 cm³/mol. The number of rotatable bonds is 2. The Kier molecular flexibility index (Phi) is 3.29. The van der Waals surface area contributed by atoms with Gasteiger partial charge in [0.2, 0.25) is 0 Å². The van der Waals surface area contributed by atoms with Gasteiger partial charge >= 0.3 is 0 Å². The van der Waals surface area contributed by atoms with E-state index in [2.05, 4.69) is 11.4 Å². The summed E-state index contributed by atoms with van der Waals surface area (Å²) in [7, 11) is 0. The maximum atomic E-state index is 13.4. The summed E-state index contributed by atoms with van der Waals surface area (Å²) < 4.78 is 13.4. The van der Waals surface area contributed by atoms with Gasteiger partial charge in [0.1, 0.15) is 11.9 Å². The lowest BCUT2D eigenvalue weighted by Gasteiger charge is -2.11. The van der Waals surface area contributed by atoms with Gasteiger partial charge in [-0.15, -0.1) is 0 Å². The summed E-state index contributed by atoms with van der Waals surface area (Å²) in [6.45, 7) is 3.63. The largest absolute Gasteiger partial charge is 0.354 e. The van der Waals surface area contributed by atoms with Crippen LogP contribution in [0.25, 0.3) is 0 Å². The van der Waals surface area contributed by atoms with Gasteiger partial charge in [-0.05, 0) is 43.7 Å². The van der Waals surface area contributed by atoms with E-state index in [0.717, 1.165) is 5.56 Å². The maximum Gasteiger partial charge on any atom is 0.128 e. The lowest BCUT2D eigenvalue weighted by Crippen LogP contribution is -1.97. The van der Waals surface area contributed by atoms with Crippen molar-refractivity contribution in [3.63, 3.8) is 0 Å². The number of nitrogens with one attached hydrogen (secondary N) is 1. The van der Waals surface area contributed by atoms with Gasteiger partial charge in [-0.1, -0.05) is 12.1 Å². The molecule has 0 spiro atoms. The maximum absolute atomic E-state index is 13.4. The molecule has 0 atom stereocenters. The molecule has 0 heterocycles. The minimum atomic E-state index is -0.259. The van der Waals surface area contributed by atoms with Gasteiger partial charge in [-0.3, -0.25) is 0 Å². The molecule has 0 amide bonds. The van der Waals surface area contributed by atoms with Crippen LogP contribution in [0.15, 0.2) is 36.4 Å². The zero-order valence-corrected chi connectivity index (χ0v) is 10.3. The molecule has 2 nitrogen and oxygen atoms in total. The Bertz CT molecular complexity index is 627. The minimum absolute atomic E-state index is 0.259. The monoisotopic (exact) mass is 240 g/mol. The number of benzene rings is 2. The second-order valence-corrected chi connectivity index (χ2v) is 4.20. The average molecular weight is 240 g/mol. The third-order valence-corrected chi connectivity index (χ3v) is 2.83. The number of nitriles is 1. The molecule has 3 heteroatoms. The molecule has 90 valence electrons. The van der Waals surface area contributed by atoms with Gasteiger partial charge in [-0.2, -0.15) is 5.26 Å². The number of anilines is 2. The van der Waals surface area contributed by atoms with E-state index in [0.29, 0.717) is 22.5 Å². The Morgan fingerprint density at radius 2 is 1.89 bits per heavy atom. The molecular weight excluding hydrogens is 227 g/mol. The summed E-state index contributed by atoms with van der Waals surface area (Å²) in [5.41, 5.74) is 3.49. The summed E-state index contributed by atoms with van der Waals surface area (Å²) in [6, 6.07) is 12.5. The van der Waals surface area contributed by atoms with Gasteiger partial charge in [0.15, 0.2) is 0 Å². The molecule has 2 aromatic carbocycles. The van der Waals surface area contributed by atoms with E-state index < -0.39 is 0 Å². The molecule has 0 saturated carbocycles. The first kappa shape index (κ1) is 12.1. The van der Waals surface area contributed by atoms with Crippen LogP contribution in [0.3, 0.4) is 0 Å². The molecular formula is C15H13FN2. The molecule has 0 radical (unpaired) electrons. The van der Waals surface area contributed by atoms with Gasteiger partial charge in [0.05, 0.1) is 11.3 Å². The Balaban J connectivity index is 2.41. The molecule has 0 fully saturated rings. The van der Waals surface area contributed by atoms with Crippen LogP contribution in [-0.4, -0.2) is 0 Å². The van der Waals surface area contributed by atoms with Crippen LogP contribution in [0.2, 0.25) is 0 Å². The fraction of sp³-hybridized carbons (Fsp3) is 0.133. The molecule has 0 bridgehead atoms. The van der Waals surface area contributed by atoms with Crippen LogP contribution in [0.5, 0.6) is 0 Å². The van der Waals surface area contributed by atoms with Crippen molar-refractivity contribution in [3.05, 3.63) is 58.9 Å². The van der Waals surface area contributed by atoms with Crippen molar-refractivity contribution in [2.45, 2.75) is 13.8 Å². The highest BCUT2D eigenvalue weighted by Gasteiger charge is 2.06. The SMILES string of the molecule is Cc1ccc(Nc2cccc(F)c2C)c(C#N)c1. The predicted octanol–water partition coefficient (Wildman–Crippen LogP) is 4.06. The third-order valence-electron chi connectivity index (χ3n) is 2.83. The second-order valence-electron chi connectivity index (χ2n) is 4.20. The fourth-order valence-electron chi connectivity index (χ4n) is 1.75. The topological polar surface area (TPSA) is 35.8 Å². The number of hydrogen-bond donors (Lipinski definition) is 1. The van der Waals surface area contributed by atoms with Crippen LogP contribution < -0.4 is 5.32 Å². The molecule has 0 aliphatic carbocycles. The Morgan fingerprint density at radius 1 is 1.11 bits per heavy atom. The van der Waals surface area contributed by atoms with Gasteiger partial charge in [0, 0.05) is 11.3 Å². The quantitative estimate of drug-likeness (QED) is 0.859. The van der Waals surface area contributed by atoms with Crippen molar-refractivity contribution in [3.8, 4) is 6.07 Å². The molecule has 0 unspecified atom stereocenters. The number of hydrogen-bond acceptors (Lipinski definition) is 2. The summed E-state index contributed by atoms with van der Waals surface area (Å²) in [4.78, 5) is 0. The van der Waals surface area contributed by atoms with Crippen LogP contribution in [0.4, 0.5) is 15.8 Å². The van der Waals surface area contributed by atoms with Crippen LogP contribution in [-0.2, 0) is 0 Å². The molecule has 0 aromatic heterocycles. The molecule has 0 saturated heterocycles. The first-order valence-electron chi connectivity index (χ1n) is 5.64. The van der Waals surface area contributed by atoms with E-state index in [1.54, 1.807) is 25.1 Å². The Morgan fingerprint density at radius 3 is 2.61 bits per heavy atom. The van der Waals surface area contributed by atoms with Crippen LogP contribution in [0, 0.1) is 31.0 Å².